The second-order valence-corrected chi connectivity index (χ2v) is 3.79. The van der Waals surface area contributed by atoms with Gasteiger partial charge >= 0.3 is 0 Å². The van der Waals surface area contributed by atoms with Gasteiger partial charge < -0.3 is 9.73 Å². The summed E-state index contributed by atoms with van der Waals surface area (Å²) in [6, 6.07) is 7.47. The van der Waals surface area contributed by atoms with E-state index in [0.29, 0.717) is 11.7 Å². The Bertz CT molecular complexity index is 691. The summed E-state index contributed by atoms with van der Waals surface area (Å²) in [4.78, 5) is 4.15. The molecule has 84 valence electrons. The highest BCUT2D eigenvalue weighted by Gasteiger charge is 2.07. The number of hydrogen-bond acceptors (Lipinski definition) is 4. The van der Waals surface area contributed by atoms with Crippen molar-refractivity contribution in [3.05, 3.63) is 47.8 Å². The summed E-state index contributed by atoms with van der Waals surface area (Å²) < 4.78 is 5.70. The molecule has 17 heavy (non-hydrogen) atoms. The number of benzene rings is 1. The van der Waals surface area contributed by atoms with E-state index in [1.165, 1.54) is 12.4 Å². The lowest BCUT2D eigenvalue weighted by molar-refractivity contribution is -0.603. The molecule has 0 fully saturated rings. The molecule has 0 bridgehead atoms. The number of nitrogens with zero attached hydrogens (tertiary/aromatic N) is 3. The molecule has 5 heteroatoms. The van der Waals surface area contributed by atoms with Crippen LogP contribution in [0.4, 0.5) is 0 Å². The summed E-state index contributed by atoms with van der Waals surface area (Å²) in [7, 11) is 0. The Balaban J connectivity index is 2.18. The molecule has 0 saturated carbocycles. The Morgan fingerprint density at radius 2 is 2.12 bits per heavy atom. The van der Waals surface area contributed by atoms with Crippen molar-refractivity contribution in [1.82, 2.24) is 10.1 Å². The number of aromatic nitrogens is 3. The lowest BCUT2D eigenvalue weighted by Gasteiger charge is -2.00. The third-order valence-electron chi connectivity index (χ3n) is 2.54. The predicted molar refractivity (Wildman–Crippen MR) is 60.9 cm³/mol. The van der Waals surface area contributed by atoms with E-state index in [1.807, 2.05) is 18.2 Å². The van der Waals surface area contributed by atoms with Crippen molar-refractivity contribution in [1.29, 1.82) is 0 Å². The standard InChI is InChI=1S/C12H9N3O2/c1-8-13-12(14-17-8)10-3-2-9-4-5-15(16)7-11(9)6-10/h2-7H,1H3. The van der Waals surface area contributed by atoms with E-state index in [-0.39, 0.29) is 0 Å². The molecule has 0 amide bonds. The minimum absolute atomic E-state index is 0.520. The van der Waals surface area contributed by atoms with Gasteiger partial charge in [0.2, 0.25) is 11.7 Å². The van der Waals surface area contributed by atoms with Crippen LogP contribution in [0, 0.1) is 12.1 Å². The maximum atomic E-state index is 11.2. The average Bonchev–Trinajstić information content (AvgIpc) is 2.75. The summed E-state index contributed by atoms with van der Waals surface area (Å²) in [5.74, 6) is 1.05. The first-order chi connectivity index (χ1) is 8.22. The number of hydrogen-bond donors (Lipinski definition) is 0. The van der Waals surface area contributed by atoms with Gasteiger partial charge in [0, 0.05) is 23.9 Å². The quantitative estimate of drug-likeness (QED) is 0.470. The molecule has 3 aromatic rings. The van der Waals surface area contributed by atoms with Crippen LogP contribution in [-0.4, -0.2) is 10.1 Å². The monoisotopic (exact) mass is 227 g/mol. The van der Waals surface area contributed by atoms with Crippen LogP contribution in [0.3, 0.4) is 0 Å². The molecule has 0 aliphatic heterocycles. The molecule has 0 spiro atoms. The minimum Gasteiger partial charge on any atom is -0.619 e. The van der Waals surface area contributed by atoms with Crippen LogP contribution in [0.25, 0.3) is 22.2 Å². The van der Waals surface area contributed by atoms with E-state index < -0.39 is 0 Å². The summed E-state index contributed by atoms with van der Waals surface area (Å²) in [6.45, 7) is 1.74. The van der Waals surface area contributed by atoms with Crippen LogP contribution >= 0.6 is 0 Å². The zero-order valence-electron chi connectivity index (χ0n) is 9.12. The van der Waals surface area contributed by atoms with E-state index in [1.54, 1.807) is 13.0 Å². The molecule has 2 aromatic heterocycles. The van der Waals surface area contributed by atoms with Crippen LogP contribution in [-0.2, 0) is 0 Å². The molecule has 2 heterocycles. The zero-order valence-corrected chi connectivity index (χ0v) is 9.12. The van der Waals surface area contributed by atoms with Crippen LogP contribution in [0.1, 0.15) is 5.89 Å². The highest BCUT2D eigenvalue weighted by Crippen LogP contribution is 2.21. The van der Waals surface area contributed by atoms with E-state index in [9.17, 15) is 5.21 Å². The Labute approximate surface area is 96.9 Å². The fraction of sp³-hybridized carbons (Fsp3) is 0.0833. The minimum atomic E-state index is 0.520. The van der Waals surface area contributed by atoms with E-state index in [2.05, 4.69) is 10.1 Å². The Morgan fingerprint density at radius 3 is 2.88 bits per heavy atom. The van der Waals surface area contributed by atoms with E-state index in [0.717, 1.165) is 21.1 Å². The molecule has 3 rings (SSSR count). The van der Waals surface area contributed by atoms with Crippen molar-refractivity contribution < 1.29 is 9.25 Å². The van der Waals surface area contributed by atoms with Gasteiger partial charge in [0.05, 0.1) is 0 Å². The topological polar surface area (TPSA) is 65.9 Å². The molecule has 0 unspecified atom stereocenters. The van der Waals surface area contributed by atoms with Crippen molar-refractivity contribution >= 4 is 10.8 Å². The summed E-state index contributed by atoms with van der Waals surface area (Å²) >= 11 is 0. The molecule has 0 N–H and O–H groups in total. The lowest BCUT2D eigenvalue weighted by atomic mass is 10.1. The van der Waals surface area contributed by atoms with Gasteiger partial charge in [-0.3, -0.25) is 0 Å². The van der Waals surface area contributed by atoms with Gasteiger partial charge in [0.15, 0.2) is 12.4 Å². The number of rotatable bonds is 1. The molecule has 0 radical (unpaired) electrons. The van der Waals surface area contributed by atoms with Crippen molar-refractivity contribution in [2.75, 3.05) is 0 Å². The maximum absolute atomic E-state index is 11.2. The smallest absolute Gasteiger partial charge is 0.223 e. The first-order valence-corrected chi connectivity index (χ1v) is 5.16. The number of pyridine rings is 1. The van der Waals surface area contributed by atoms with Gasteiger partial charge in [-0.1, -0.05) is 17.3 Å². The third-order valence-corrected chi connectivity index (χ3v) is 2.54. The average molecular weight is 227 g/mol. The summed E-state index contributed by atoms with van der Waals surface area (Å²) in [6.07, 6.45) is 2.99. The van der Waals surface area contributed by atoms with Crippen molar-refractivity contribution in [3.8, 4) is 11.4 Å². The number of aryl methyl sites for hydroxylation is 1. The van der Waals surface area contributed by atoms with Gasteiger partial charge in [-0.05, 0) is 11.5 Å². The van der Waals surface area contributed by atoms with Gasteiger partial charge in [0.1, 0.15) is 0 Å². The van der Waals surface area contributed by atoms with Gasteiger partial charge in [-0.15, -0.1) is 0 Å². The van der Waals surface area contributed by atoms with Gasteiger partial charge in [-0.25, -0.2) is 0 Å². The SMILES string of the molecule is Cc1nc(-c2ccc3cc[n+]([O-])cc3c2)no1. The normalized spacial score (nSPS) is 10.9. The second-order valence-electron chi connectivity index (χ2n) is 3.79. The second kappa shape index (κ2) is 3.55. The molecule has 5 nitrogen and oxygen atoms in total. The lowest BCUT2D eigenvalue weighted by Crippen LogP contribution is -2.23. The Hall–Kier alpha value is -2.43. The molecule has 0 atom stereocenters. The zero-order chi connectivity index (χ0) is 11.8. The molecule has 0 saturated heterocycles. The van der Waals surface area contributed by atoms with Crippen LogP contribution in [0.15, 0.2) is 41.2 Å². The first-order valence-electron chi connectivity index (χ1n) is 5.16. The van der Waals surface area contributed by atoms with Crippen LogP contribution in [0.5, 0.6) is 0 Å². The largest absolute Gasteiger partial charge is 0.619 e. The van der Waals surface area contributed by atoms with E-state index in [4.69, 9.17) is 4.52 Å². The van der Waals surface area contributed by atoms with E-state index >= 15 is 0 Å². The Morgan fingerprint density at radius 1 is 1.24 bits per heavy atom. The number of fused-ring (bicyclic) bond motifs is 1. The summed E-state index contributed by atoms with van der Waals surface area (Å²) in [5, 5.41) is 16.9. The van der Waals surface area contributed by atoms with Crippen LogP contribution < -0.4 is 4.73 Å². The maximum Gasteiger partial charge on any atom is 0.223 e. The fourth-order valence-corrected chi connectivity index (χ4v) is 1.73. The highest BCUT2D eigenvalue weighted by molar-refractivity contribution is 5.84. The molecule has 0 aliphatic carbocycles. The van der Waals surface area contributed by atoms with Gasteiger partial charge in [-0.2, -0.15) is 9.71 Å². The molecular weight excluding hydrogens is 218 g/mol. The third kappa shape index (κ3) is 1.71. The van der Waals surface area contributed by atoms with Crippen molar-refractivity contribution in [2.24, 2.45) is 0 Å². The first kappa shape index (κ1) is 9.77. The van der Waals surface area contributed by atoms with Gasteiger partial charge in [0.25, 0.3) is 0 Å². The predicted octanol–water partition coefficient (Wildman–Crippen LogP) is 1.83. The Kier molecular flexibility index (Phi) is 2.04. The van der Waals surface area contributed by atoms with Crippen LogP contribution in [0.2, 0.25) is 0 Å². The fourth-order valence-electron chi connectivity index (χ4n) is 1.73. The summed E-state index contributed by atoms with van der Waals surface area (Å²) in [5.41, 5.74) is 0.834. The molecular formula is C12H9N3O2. The highest BCUT2D eigenvalue weighted by atomic mass is 16.5. The molecule has 0 aliphatic rings. The molecule has 1 aromatic carbocycles. The van der Waals surface area contributed by atoms with Crippen molar-refractivity contribution in [2.45, 2.75) is 6.92 Å². The van der Waals surface area contributed by atoms with Crippen molar-refractivity contribution in [3.63, 3.8) is 0 Å².